The molecule has 0 N–H and O–H groups in total. The molecule has 4 nitrogen and oxygen atoms in total. The zero-order valence-electron chi connectivity index (χ0n) is 9.78. The Bertz CT molecular complexity index is 221. The minimum atomic E-state index is -0.230. The smallest absolute Gasteiger partial charge is 0.306 e. The van der Waals surface area contributed by atoms with Gasteiger partial charge in [-0.3, -0.25) is 9.59 Å². The summed E-state index contributed by atoms with van der Waals surface area (Å²) in [5.74, 6) is 0.285. The Morgan fingerprint density at radius 3 is 2.53 bits per heavy atom. The van der Waals surface area contributed by atoms with Gasteiger partial charge in [0.2, 0.25) is 5.91 Å². The first-order valence-corrected chi connectivity index (χ1v) is 5.98. The molecule has 88 valence electrons. The normalized spacial score (nSPS) is 12.0. The summed E-state index contributed by atoms with van der Waals surface area (Å²) in [6.45, 7) is 4.56. The first kappa shape index (κ1) is 14.3. The molecule has 0 radical (unpaired) electrons. The molecule has 0 heterocycles. The van der Waals surface area contributed by atoms with Crippen molar-refractivity contribution in [1.82, 2.24) is 4.90 Å². The Morgan fingerprint density at radius 2 is 2.07 bits per heavy atom. The Balaban J connectivity index is 3.75. The number of carbonyl (C=O) groups excluding carboxylic acids is 2. The molecule has 15 heavy (non-hydrogen) atoms. The summed E-state index contributed by atoms with van der Waals surface area (Å²) in [5.41, 5.74) is 0. The molecule has 0 aromatic heterocycles. The van der Waals surface area contributed by atoms with Crippen LogP contribution in [0.5, 0.6) is 0 Å². The van der Waals surface area contributed by atoms with Gasteiger partial charge in [0.25, 0.3) is 0 Å². The maximum absolute atomic E-state index is 11.4. The molecule has 0 saturated carbocycles. The molecule has 0 aliphatic heterocycles. The highest BCUT2D eigenvalue weighted by Crippen LogP contribution is 2.14. The molecule has 1 atom stereocenters. The summed E-state index contributed by atoms with van der Waals surface area (Å²) in [4.78, 5) is 24.0. The summed E-state index contributed by atoms with van der Waals surface area (Å²) >= 11 is 1.48. The van der Waals surface area contributed by atoms with E-state index < -0.39 is 0 Å². The fraction of sp³-hybridized carbons (Fsp3) is 0.800. The molecule has 0 spiro atoms. The molecule has 0 rings (SSSR count). The highest BCUT2D eigenvalue weighted by Gasteiger charge is 2.13. The third kappa shape index (κ3) is 6.38. The number of carbonyl (C=O) groups is 2. The SMILES string of the molecule is CCN(C)C(=O)CSC(C)CC(=O)OC. The van der Waals surface area contributed by atoms with Crippen molar-refractivity contribution in [2.24, 2.45) is 0 Å². The molecule has 0 fully saturated rings. The van der Waals surface area contributed by atoms with Crippen LogP contribution in [-0.2, 0) is 14.3 Å². The van der Waals surface area contributed by atoms with Crippen molar-refractivity contribution in [2.75, 3.05) is 26.5 Å². The molecule has 1 unspecified atom stereocenters. The number of methoxy groups -OCH3 is 1. The first-order valence-electron chi connectivity index (χ1n) is 4.93. The minimum Gasteiger partial charge on any atom is -0.469 e. The number of hydrogen-bond donors (Lipinski definition) is 0. The van der Waals surface area contributed by atoms with Crippen LogP contribution in [0.3, 0.4) is 0 Å². The highest BCUT2D eigenvalue weighted by atomic mass is 32.2. The second kappa shape index (κ2) is 7.56. The van der Waals surface area contributed by atoms with E-state index in [4.69, 9.17) is 0 Å². The Kier molecular flexibility index (Phi) is 7.21. The summed E-state index contributed by atoms with van der Waals surface area (Å²) in [7, 11) is 3.14. The van der Waals surface area contributed by atoms with E-state index in [2.05, 4.69) is 4.74 Å². The average Bonchev–Trinajstić information content (AvgIpc) is 2.24. The van der Waals surface area contributed by atoms with Gasteiger partial charge in [0.05, 0.1) is 19.3 Å². The van der Waals surface area contributed by atoms with Crippen LogP contribution in [0.15, 0.2) is 0 Å². The molecule has 0 aliphatic carbocycles. The number of nitrogens with zero attached hydrogens (tertiary/aromatic N) is 1. The molecule has 0 saturated heterocycles. The molecule has 1 amide bonds. The lowest BCUT2D eigenvalue weighted by Crippen LogP contribution is -2.28. The summed E-state index contributed by atoms with van der Waals surface area (Å²) in [6.07, 6.45) is 0.351. The fourth-order valence-corrected chi connectivity index (χ4v) is 1.78. The number of rotatable bonds is 6. The third-order valence-corrected chi connectivity index (χ3v) is 3.22. The van der Waals surface area contributed by atoms with Gasteiger partial charge in [0.15, 0.2) is 0 Å². The van der Waals surface area contributed by atoms with E-state index in [0.717, 1.165) is 0 Å². The predicted octanol–water partition coefficient (Wildman–Crippen LogP) is 1.15. The van der Waals surface area contributed by atoms with Crippen molar-refractivity contribution < 1.29 is 14.3 Å². The van der Waals surface area contributed by atoms with Crippen molar-refractivity contribution >= 4 is 23.6 Å². The first-order chi connectivity index (χ1) is 7.01. The maximum atomic E-state index is 11.4. The van der Waals surface area contributed by atoms with Crippen LogP contribution in [0.2, 0.25) is 0 Å². The molecular weight excluding hydrogens is 214 g/mol. The summed E-state index contributed by atoms with van der Waals surface area (Å²) in [6, 6.07) is 0. The van der Waals surface area contributed by atoms with Gasteiger partial charge in [-0.1, -0.05) is 6.92 Å². The van der Waals surface area contributed by atoms with Crippen LogP contribution >= 0.6 is 11.8 Å². The second-order valence-electron chi connectivity index (χ2n) is 3.31. The predicted molar refractivity (Wildman–Crippen MR) is 61.9 cm³/mol. The highest BCUT2D eigenvalue weighted by molar-refractivity contribution is 8.00. The van der Waals surface area contributed by atoms with Gasteiger partial charge in [-0.05, 0) is 6.92 Å². The van der Waals surface area contributed by atoms with Gasteiger partial charge < -0.3 is 9.64 Å². The lowest BCUT2D eigenvalue weighted by atomic mass is 10.3. The Labute approximate surface area is 95.3 Å². The average molecular weight is 233 g/mol. The monoisotopic (exact) mass is 233 g/mol. The van der Waals surface area contributed by atoms with Crippen LogP contribution in [0, 0.1) is 0 Å². The third-order valence-electron chi connectivity index (χ3n) is 2.07. The van der Waals surface area contributed by atoms with Gasteiger partial charge >= 0.3 is 5.97 Å². The zero-order valence-corrected chi connectivity index (χ0v) is 10.6. The topological polar surface area (TPSA) is 46.6 Å². The van der Waals surface area contributed by atoms with Crippen molar-refractivity contribution in [3.8, 4) is 0 Å². The lowest BCUT2D eigenvalue weighted by Gasteiger charge is -2.15. The number of amides is 1. The largest absolute Gasteiger partial charge is 0.469 e. The second-order valence-corrected chi connectivity index (χ2v) is 4.74. The number of esters is 1. The van der Waals surface area contributed by atoms with Gasteiger partial charge in [-0.25, -0.2) is 0 Å². The van der Waals surface area contributed by atoms with Crippen LogP contribution in [-0.4, -0.2) is 48.5 Å². The number of thioether (sulfide) groups is 1. The molecular formula is C10H19NO3S. The van der Waals surface area contributed by atoms with Gasteiger partial charge in [0.1, 0.15) is 0 Å². The van der Waals surface area contributed by atoms with E-state index in [1.165, 1.54) is 18.9 Å². The summed E-state index contributed by atoms with van der Waals surface area (Å²) in [5, 5.41) is 0.117. The number of ether oxygens (including phenoxy) is 1. The fourth-order valence-electron chi connectivity index (χ4n) is 0.877. The Morgan fingerprint density at radius 1 is 1.47 bits per heavy atom. The van der Waals surface area contributed by atoms with Gasteiger partial charge in [0, 0.05) is 18.8 Å². The van der Waals surface area contributed by atoms with Gasteiger partial charge in [-0.2, -0.15) is 0 Å². The van der Waals surface area contributed by atoms with E-state index in [0.29, 0.717) is 18.7 Å². The van der Waals surface area contributed by atoms with Crippen molar-refractivity contribution in [3.63, 3.8) is 0 Å². The van der Waals surface area contributed by atoms with Gasteiger partial charge in [-0.15, -0.1) is 11.8 Å². The van der Waals surface area contributed by atoms with Crippen LogP contribution < -0.4 is 0 Å². The van der Waals surface area contributed by atoms with Crippen LogP contribution in [0.4, 0.5) is 0 Å². The van der Waals surface area contributed by atoms with E-state index in [1.807, 2.05) is 13.8 Å². The van der Waals surface area contributed by atoms with Crippen molar-refractivity contribution in [2.45, 2.75) is 25.5 Å². The van der Waals surface area contributed by atoms with Crippen LogP contribution in [0.25, 0.3) is 0 Å². The quantitative estimate of drug-likeness (QED) is 0.646. The number of hydrogen-bond acceptors (Lipinski definition) is 4. The molecule has 0 aliphatic rings. The molecule has 0 aromatic carbocycles. The zero-order chi connectivity index (χ0) is 11.8. The standard InChI is InChI=1S/C10H19NO3S/c1-5-11(3)9(12)7-15-8(2)6-10(13)14-4/h8H,5-7H2,1-4H3. The van der Waals surface area contributed by atoms with E-state index >= 15 is 0 Å². The van der Waals surface area contributed by atoms with E-state index in [1.54, 1.807) is 11.9 Å². The maximum Gasteiger partial charge on any atom is 0.306 e. The van der Waals surface area contributed by atoms with Crippen molar-refractivity contribution in [1.29, 1.82) is 0 Å². The molecule has 0 bridgehead atoms. The molecule has 5 heteroatoms. The van der Waals surface area contributed by atoms with E-state index in [-0.39, 0.29) is 17.1 Å². The minimum absolute atomic E-state index is 0.0965. The molecule has 0 aromatic rings. The Hall–Kier alpha value is -0.710. The van der Waals surface area contributed by atoms with Crippen LogP contribution in [0.1, 0.15) is 20.3 Å². The summed E-state index contributed by atoms with van der Waals surface area (Å²) < 4.78 is 4.55. The van der Waals surface area contributed by atoms with E-state index in [9.17, 15) is 9.59 Å². The lowest BCUT2D eigenvalue weighted by molar-refractivity contribution is -0.140. The van der Waals surface area contributed by atoms with Crippen molar-refractivity contribution in [3.05, 3.63) is 0 Å².